The van der Waals surface area contributed by atoms with E-state index in [1.54, 1.807) is 12.4 Å². The van der Waals surface area contributed by atoms with Gasteiger partial charge in [-0.15, -0.1) is 0 Å². The number of rotatable bonds is 4. The van der Waals surface area contributed by atoms with E-state index < -0.39 is 0 Å². The Balaban J connectivity index is 2.22. The maximum Gasteiger partial charge on any atom is 0.140 e. The van der Waals surface area contributed by atoms with Gasteiger partial charge >= 0.3 is 0 Å². The van der Waals surface area contributed by atoms with E-state index in [2.05, 4.69) is 27.6 Å². The van der Waals surface area contributed by atoms with Crippen molar-refractivity contribution in [3.8, 4) is 5.75 Å². The molecule has 1 heterocycles. The lowest BCUT2D eigenvalue weighted by atomic mass is 10.1. The topological polar surface area (TPSA) is 48.1 Å². The van der Waals surface area contributed by atoms with Crippen LogP contribution in [0.1, 0.15) is 18.6 Å². The van der Waals surface area contributed by atoms with E-state index in [0.29, 0.717) is 0 Å². The van der Waals surface area contributed by atoms with E-state index in [0.717, 1.165) is 14.9 Å². The van der Waals surface area contributed by atoms with Crippen molar-refractivity contribution in [1.82, 2.24) is 4.98 Å². The minimum Gasteiger partial charge on any atom is -0.484 e. The fourth-order valence-corrected chi connectivity index (χ4v) is 2.22. The third-order valence-corrected chi connectivity index (χ3v) is 3.22. The summed E-state index contributed by atoms with van der Waals surface area (Å²) in [6, 6.07) is 11.7. The zero-order valence-corrected chi connectivity index (χ0v) is 12.2. The molecule has 94 valence electrons. The highest BCUT2D eigenvalue weighted by Gasteiger charge is 2.18. The zero-order valence-electron chi connectivity index (χ0n) is 10.1. The van der Waals surface area contributed by atoms with Crippen molar-refractivity contribution in [1.29, 1.82) is 0 Å². The van der Waals surface area contributed by atoms with Gasteiger partial charge in [0.05, 0.1) is 0 Å². The van der Waals surface area contributed by atoms with Crippen molar-refractivity contribution in [3.63, 3.8) is 0 Å². The number of ether oxygens (including phenoxy) is 1. The molecule has 1 aromatic carbocycles. The molecular weight excluding hydrogens is 339 g/mol. The Hall–Kier alpha value is -1.14. The molecule has 2 unspecified atom stereocenters. The summed E-state index contributed by atoms with van der Waals surface area (Å²) in [5, 5.41) is 0. The fraction of sp³-hybridized carbons (Fsp3) is 0.214. The smallest absolute Gasteiger partial charge is 0.140 e. The molecule has 2 atom stereocenters. The van der Waals surface area contributed by atoms with Gasteiger partial charge in [0.2, 0.25) is 0 Å². The normalized spacial score (nSPS) is 13.9. The maximum absolute atomic E-state index is 6.00. The van der Waals surface area contributed by atoms with Gasteiger partial charge in [0.1, 0.15) is 11.9 Å². The molecule has 0 aliphatic rings. The van der Waals surface area contributed by atoms with Crippen LogP contribution in [0.3, 0.4) is 0 Å². The fourth-order valence-electron chi connectivity index (χ4n) is 1.71. The van der Waals surface area contributed by atoms with Gasteiger partial charge in [-0.25, -0.2) is 0 Å². The molecule has 18 heavy (non-hydrogen) atoms. The second-order valence-corrected chi connectivity index (χ2v) is 5.39. The maximum atomic E-state index is 6.00. The first-order valence-electron chi connectivity index (χ1n) is 5.74. The summed E-state index contributed by atoms with van der Waals surface area (Å²) in [5.41, 5.74) is 6.99. The molecule has 0 fully saturated rings. The van der Waals surface area contributed by atoms with Crippen molar-refractivity contribution in [2.75, 3.05) is 0 Å². The van der Waals surface area contributed by atoms with E-state index in [4.69, 9.17) is 10.5 Å². The molecule has 1 aromatic heterocycles. The Morgan fingerprint density at radius 1 is 1.28 bits per heavy atom. The molecule has 2 N–H and O–H groups in total. The number of halogens is 1. The highest BCUT2D eigenvalue weighted by atomic mass is 127. The van der Waals surface area contributed by atoms with Crippen LogP contribution in [0.25, 0.3) is 0 Å². The molecule has 0 aliphatic carbocycles. The van der Waals surface area contributed by atoms with Crippen LogP contribution in [-0.2, 0) is 0 Å². The van der Waals surface area contributed by atoms with Crippen LogP contribution in [0.4, 0.5) is 0 Å². The molecular formula is C14H15IN2O. The van der Waals surface area contributed by atoms with Gasteiger partial charge in [0, 0.05) is 27.6 Å². The number of nitrogens with zero attached hydrogens (tertiary/aromatic N) is 1. The summed E-state index contributed by atoms with van der Waals surface area (Å²) in [7, 11) is 0. The molecule has 3 nitrogen and oxygen atoms in total. The first kappa shape index (κ1) is 13.3. The molecule has 0 radical (unpaired) electrons. The number of nitrogens with two attached hydrogens (primary N) is 1. The van der Waals surface area contributed by atoms with Gasteiger partial charge in [-0.1, -0.05) is 12.1 Å². The van der Waals surface area contributed by atoms with Crippen molar-refractivity contribution < 1.29 is 4.74 Å². The van der Waals surface area contributed by atoms with Gasteiger partial charge < -0.3 is 10.5 Å². The second-order valence-electron chi connectivity index (χ2n) is 4.14. The second kappa shape index (κ2) is 6.15. The summed E-state index contributed by atoms with van der Waals surface area (Å²) >= 11 is 2.26. The Morgan fingerprint density at radius 2 is 2.11 bits per heavy atom. The highest BCUT2D eigenvalue weighted by Crippen LogP contribution is 2.24. The van der Waals surface area contributed by atoms with E-state index in [9.17, 15) is 0 Å². The molecule has 0 amide bonds. The lowest BCUT2D eigenvalue weighted by Gasteiger charge is -2.22. The Labute approximate surface area is 121 Å². The zero-order chi connectivity index (χ0) is 13.0. The summed E-state index contributed by atoms with van der Waals surface area (Å²) < 4.78 is 7.11. The average molecular weight is 354 g/mol. The lowest BCUT2D eigenvalue weighted by molar-refractivity contribution is 0.180. The molecule has 0 bridgehead atoms. The van der Waals surface area contributed by atoms with E-state index >= 15 is 0 Å². The first-order valence-corrected chi connectivity index (χ1v) is 6.82. The van der Waals surface area contributed by atoms with Gasteiger partial charge in [0.15, 0.2) is 0 Å². The third kappa shape index (κ3) is 3.43. The van der Waals surface area contributed by atoms with Crippen LogP contribution in [0, 0.1) is 3.57 Å². The number of hydrogen-bond donors (Lipinski definition) is 1. The quantitative estimate of drug-likeness (QED) is 0.859. The number of pyridine rings is 1. The van der Waals surface area contributed by atoms with Gasteiger partial charge in [0.25, 0.3) is 0 Å². The predicted octanol–water partition coefficient (Wildman–Crippen LogP) is 3.15. The summed E-state index contributed by atoms with van der Waals surface area (Å²) in [6.07, 6.45) is 3.35. The number of hydrogen-bond acceptors (Lipinski definition) is 3. The monoisotopic (exact) mass is 354 g/mol. The predicted molar refractivity (Wildman–Crippen MR) is 80.4 cm³/mol. The molecule has 4 heteroatoms. The molecule has 0 aliphatic heterocycles. The lowest BCUT2D eigenvalue weighted by Crippen LogP contribution is -2.29. The Bertz CT molecular complexity index is 502. The summed E-state index contributed by atoms with van der Waals surface area (Å²) in [6.45, 7) is 1.94. The minimum atomic E-state index is -0.183. The Kier molecular flexibility index (Phi) is 4.54. The molecule has 0 saturated heterocycles. The van der Waals surface area contributed by atoms with E-state index in [1.807, 2.05) is 43.3 Å². The largest absolute Gasteiger partial charge is 0.484 e. The van der Waals surface area contributed by atoms with E-state index in [1.165, 1.54) is 0 Å². The molecule has 0 spiro atoms. The minimum absolute atomic E-state index is 0.105. The summed E-state index contributed by atoms with van der Waals surface area (Å²) in [5.74, 6) is 0.827. The van der Waals surface area contributed by atoms with Crippen LogP contribution < -0.4 is 10.5 Å². The van der Waals surface area contributed by atoms with Gasteiger partial charge in [-0.2, -0.15) is 0 Å². The molecule has 2 aromatic rings. The van der Waals surface area contributed by atoms with Crippen LogP contribution >= 0.6 is 22.6 Å². The highest BCUT2D eigenvalue weighted by molar-refractivity contribution is 14.1. The number of benzene rings is 1. The van der Waals surface area contributed by atoms with Gasteiger partial charge in [-0.05, 0) is 53.8 Å². The van der Waals surface area contributed by atoms with Crippen molar-refractivity contribution in [2.24, 2.45) is 5.73 Å². The van der Waals surface area contributed by atoms with Crippen LogP contribution in [0.15, 0.2) is 48.8 Å². The Morgan fingerprint density at radius 3 is 2.72 bits per heavy atom. The SMILES string of the molecule is CC(N)C(Oc1cccc(I)c1)c1cccnc1. The molecule has 2 rings (SSSR count). The molecule has 0 saturated carbocycles. The van der Waals surface area contributed by atoms with E-state index in [-0.39, 0.29) is 12.1 Å². The number of aromatic nitrogens is 1. The third-order valence-electron chi connectivity index (χ3n) is 2.55. The van der Waals surface area contributed by atoms with Crippen molar-refractivity contribution >= 4 is 22.6 Å². The summed E-state index contributed by atoms with van der Waals surface area (Å²) in [4.78, 5) is 4.11. The average Bonchev–Trinajstić information content (AvgIpc) is 2.37. The van der Waals surface area contributed by atoms with Crippen molar-refractivity contribution in [2.45, 2.75) is 19.1 Å². The van der Waals surface area contributed by atoms with Crippen LogP contribution in [0.5, 0.6) is 5.75 Å². The first-order chi connectivity index (χ1) is 8.66. The van der Waals surface area contributed by atoms with Crippen LogP contribution in [-0.4, -0.2) is 11.0 Å². The van der Waals surface area contributed by atoms with Crippen LogP contribution in [0.2, 0.25) is 0 Å². The van der Waals surface area contributed by atoms with Gasteiger partial charge in [-0.3, -0.25) is 4.98 Å². The van der Waals surface area contributed by atoms with Crippen molar-refractivity contribution in [3.05, 3.63) is 57.9 Å². The standard InChI is InChI=1S/C14H15IN2O/c1-10(16)14(11-4-3-7-17-9-11)18-13-6-2-5-12(15)8-13/h2-10,14H,16H2,1H3.